The number of Topliss-reactive ketones (excluding diaryl/α,β-unsaturated/α-hetero) is 1. The smallest absolute Gasteiger partial charge is 0.138 e. The van der Waals surface area contributed by atoms with E-state index < -0.39 is 0 Å². The Morgan fingerprint density at radius 1 is 1.53 bits per heavy atom. The Hall–Kier alpha value is -0.670. The Labute approximate surface area is 108 Å². The molecule has 3 heteroatoms. The van der Waals surface area contributed by atoms with Crippen LogP contribution in [-0.4, -0.2) is 29.3 Å². The maximum Gasteiger partial charge on any atom is 0.138 e. The quantitative estimate of drug-likeness (QED) is 0.823. The fourth-order valence-electron chi connectivity index (χ4n) is 2.69. The van der Waals surface area contributed by atoms with E-state index in [9.17, 15) is 4.79 Å². The van der Waals surface area contributed by atoms with Crippen LogP contribution in [0.5, 0.6) is 0 Å². The van der Waals surface area contributed by atoms with Gasteiger partial charge < -0.3 is 0 Å². The number of carbonyl (C=O) groups excluding carboxylic acids is 1. The van der Waals surface area contributed by atoms with Crippen LogP contribution in [-0.2, 0) is 11.2 Å². The summed E-state index contributed by atoms with van der Waals surface area (Å²) < 4.78 is 0. The molecular formula is C14H21NOS. The van der Waals surface area contributed by atoms with Crippen LogP contribution in [0.3, 0.4) is 0 Å². The molecule has 0 N–H and O–H groups in total. The molecule has 1 fully saturated rings. The molecule has 0 saturated carbocycles. The summed E-state index contributed by atoms with van der Waals surface area (Å²) in [6, 6.07) is 5.22. The molecule has 17 heavy (non-hydrogen) atoms. The summed E-state index contributed by atoms with van der Waals surface area (Å²) >= 11 is 1.82. The Balaban J connectivity index is 1.99. The summed E-state index contributed by atoms with van der Waals surface area (Å²) in [6.45, 7) is 7.46. The molecule has 0 amide bonds. The molecule has 0 spiro atoms. The van der Waals surface area contributed by atoms with Gasteiger partial charge in [-0.3, -0.25) is 9.69 Å². The SMILES string of the molecule is CC1C(=O)CCN(C(C)Cc2cccs2)C1C. The second-order valence-electron chi connectivity index (χ2n) is 5.12. The van der Waals surface area contributed by atoms with Crippen molar-refractivity contribution in [2.75, 3.05) is 6.54 Å². The molecular weight excluding hydrogens is 230 g/mol. The average Bonchev–Trinajstić information content (AvgIpc) is 2.78. The molecule has 0 radical (unpaired) electrons. The third-order valence-electron chi connectivity index (χ3n) is 4.01. The lowest BCUT2D eigenvalue weighted by molar-refractivity contribution is -0.128. The largest absolute Gasteiger partial charge is 0.299 e. The van der Waals surface area contributed by atoms with Gasteiger partial charge >= 0.3 is 0 Å². The van der Waals surface area contributed by atoms with Crippen LogP contribution < -0.4 is 0 Å². The van der Waals surface area contributed by atoms with Gasteiger partial charge in [-0.1, -0.05) is 13.0 Å². The Bertz CT molecular complexity index is 374. The van der Waals surface area contributed by atoms with Gasteiger partial charge in [-0.05, 0) is 31.7 Å². The number of thiophene rings is 1. The molecule has 1 aliphatic heterocycles. The lowest BCUT2D eigenvalue weighted by Gasteiger charge is -2.40. The molecule has 2 heterocycles. The predicted octanol–water partition coefficient (Wildman–Crippen LogP) is 2.98. The van der Waals surface area contributed by atoms with E-state index in [4.69, 9.17) is 0 Å². The van der Waals surface area contributed by atoms with Gasteiger partial charge in [0, 0.05) is 35.8 Å². The number of piperidine rings is 1. The maximum absolute atomic E-state index is 11.7. The number of hydrogen-bond acceptors (Lipinski definition) is 3. The van der Waals surface area contributed by atoms with Crippen LogP contribution >= 0.6 is 11.3 Å². The van der Waals surface area contributed by atoms with E-state index in [-0.39, 0.29) is 5.92 Å². The first kappa shape index (κ1) is 12.8. The molecule has 0 aromatic carbocycles. The monoisotopic (exact) mass is 251 g/mol. The van der Waals surface area contributed by atoms with Gasteiger partial charge in [0.25, 0.3) is 0 Å². The van der Waals surface area contributed by atoms with Crippen LogP contribution in [0, 0.1) is 5.92 Å². The zero-order chi connectivity index (χ0) is 12.4. The minimum absolute atomic E-state index is 0.189. The number of carbonyl (C=O) groups is 1. The average molecular weight is 251 g/mol. The summed E-state index contributed by atoms with van der Waals surface area (Å²) in [6.07, 6.45) is 1.82. The van der Waals surface area contributed by atoms with E-state index in [2.05, 4.69) is 43.2 Å². The first-order chi connectivity index (χ1) is 8.09. The highest BCUT2D eigenvalue weighted by atomic mass is 32.1. The molecule has 2 rings (SSSR count). The first-order valence-electron chi connectivity index (χ1n) is 6.40. The summed E-state index contributed by atoms with van der Waals surface area (Å²) in [5.74, 6) is 0.617. The number of likely N-dealkylation sites (tertiary alicyclic amines) is 1. The van der Waals surface area contributed by atoms with Crippen molar-refractivity contribution >= 4 is 17.1 Å². The lowest BCUT2D eigenvalue weighted by Crippen LogP contribution is -2.51. The van der Waals surface area contributed by atoms with Crippen molar-refractivity contribution in [2.24, 2.45) is 5.92 Å². The van der Waals surface area contributed by atoms with Crippen molar-refractivity contribution in [1.82, 2.24) is 4.90 Å². The van der Waals surface area contributed by atoms with E-state index in [0.717, 1.165) is 19.4 Å². The van der Waals surface area contributed by atoms with E-state index in [1.807, 2.05) is 11.3 Å². The van der Waals surface area contributed by atoms with Crippen LogP contribution in [0.15, 0.2) is 17.5 Å². The van der Waals surface area contributed by atoms with Crippen molar-refractivity contribution in [1.29, 1.82) is 0 Å². The molecule has 1 aliphatic rings. The van der Waals surface area contributed by atoms with Gasteiger partial charge in [0.1, 0.15) is 5.78 Å². The van der Waals surface area contributed by atoms with Crippen LogP contribution in [0.1, 0.15) is 32.1 Å². The highest BCUT2D eigenvalue weighted by Crippen LogP contribution is 2.24. The summed E-state index contributed by atoms with van der Waals surface area (Å²) in [4.78, 5) is 15.6. The van der Waals surface area contributed by atoms with Crippen molar-refractivity contribution in [3.63, 3.8) is 0 Å². The van der Waals surface area contributed by atoms with Crippen LogP contribution in [0.2, 0.25) is 0 Å². The summed E-state index contributed by atoms with van der Waals surface area (Å²) in [5.41, 5.74) is 0. The van der Waals surface area contributed by atoms with Crippen molar-refractivity contribution in [2.45, 2.75) is 45.7 Å². The second-order valence-corrected chi connectivity index (χ2v) is 6.15. The van der Waals surface area contributed by atoms with Gasteiger partial charge in [0.05, 0.1) is 0 Å². The summed E-state index contributed by atoms with van der Waals surface area (Å²) in [5, 5.41) is 2.13. The van der Waals surface area contributed by atoms with E-state index in [0.29, 0.717) is 17.9 Å². The minimum Gasteiger partial charge on any atom is -0.299 e. The van der Waals surface area contributed by atoms with Crippen LogP contribution in [0.4, 0.5) is 0 Å². The van der Waals surface area contributed by atoms with E-state index >= 15 is 0 Å². The van der Waals surface area contributed by atoms with Gasteiger partial charge in [-0.2, -0.15) is 0 Å². The fraction of sp³-hybridized carbons (Fsp3) is 0.643. The van der Waals surface area contributed by atoms with Crippen LogP contribution in [0.25, 0.3) is 0 Å². The third kappa shape index (κ3) is 2.78. The number of ketones is 1. The van der Waals surface area contributed by atoms with E-state index in [1.54, 1.807) is 0 Å². The Morgan fingerprint density at radius 2 is 2.29 bits per heavy atom. The molecule has 0 bridgehead atoms. The zero-order valence-electron chi connectivity index (χ0n) is 10.8. The van der Waals surface area contributed by atoms with Gasteiger partial charge in [-0.25, -0.2) is 0 Å². The molecule has 3 atom stereocenters. The molecule has 1 saturated heterocycles. The van der Waals surface area contributed by atoms with Gasteiger partial charge in [-0.15, -0.1) is 11.3 Å². The highest BCUT2D eigenvalue weighted by molar-refractivity contribution is 7.09. The second kappa shape index (κ2) is 5.32. The minimum atomic E-state index is 0.189. The standard InChI is InChI=1S/C14H21NOS/c1-10(9-13-5-4-8-17-13)15-7-6-14(16)11(2)12(15)3/h4-5,8,10-12H,6-7,9H2,1-3H3. The zero-order valence-corrected chi connectivity index (χ0v) is 11.7. The maximum atomic E-state index is 11.7. The van der Waals surface area contributed by atoms with Crippen molar-refractivity contribution < 1.29 is 4.79 Å². The highest BCUT2D eigenvalue weighted by Gasteiger charge is 2.33. The fourth-order valence-corrected chi connectivity index (χ4v) is 3.51. The Kier molecular flexibility index (Phi) is 4.00. The van der Waals surface area contributed by atoms with E-state index in [1.165, 1.54) is 4.88 Å². The third-order valence-corrected chi connectivity index (χ3v) is 4.91. The lowest BCUT2D eigenvalue weighted by atomic mass is 9.89. The van der Waals surface area contributed by atoms with Gasteiger partial charge in [0.2, 0.25) is 0 Å². The predicted molar refractivity (Wildman–Crippen MR) is 72.4 cm³/mol. The van der Waals surface area contributed by atoms with Gasteiger partial charge in [0.15, 0.2) is 0 Å². The normalized spacial score (nSPS) is 28.3. The molecule has 1 aromatic heterocycles. The molecule has 94 valence electrons. The molecule has 0 aliphatic carbocycles. The number of rotatable bonds is 3. The molecule has 3 unspecified atom stereocenters. The molecule has 1 aromatic rings. The van der Waals surface area contributed by atoms with Crippen molar-refractivity contribution in [3.8, 4) is 0 Å². The number of nitrogens with zero attached hydrogens (tertiary/aromatic N) is 1. The van der Waals surface area contributed by atoms with Crippen molar-refractivity contribution in [3.05, 3.63) is 22.4 Å². The number of hydrogen-bond donors (Lipinski definition) is 0. The summed E-state index contributed by atoms with van der Waals surface area (Å²) in [7, 11) is 0. The first-order valence-corrected chi connectivity index (χ1v) is 7.28. The molecule has 2 nitrogen and oxygen atoms in total. The Morgan fingerprint density at radius 3 is 2.94 bits per heavy atom. The topological polar surface area (TPSA) is 20.3 Å².